The summed E-state index contributed by atoms with van der Waals surface area (Å²) >= 11 is 0. The van der Waals surface area contributed by atoms with E-state index in [9.17, 15) is 0 Å². The summed E-state index contributed by atoms with van der Waals surface area (Å²) in [6.45, 7) is 6.25. The molecule has 0 N–H and O–H groups in total. The highest BCUT2D eigenvalue weighted by Crippen LogP contribution is 2.21. The molecule has 0 aromatic carbocycles. The van der Waals surface area contributed by atoms with Crippen LogP contribution in [-0.4, -0.2) is 10.1 Å². The lowest BCUT2D eigenvalue weighted by Gasteiger charge is -2.02. The molecule has 0 aliphatic rings. The summed E-state index contributed by atoms with van der Waals surface area (Å²) < 4.78 is 10.5. The zero-order valence-corrected chi connectivity index (χ0v) is 9.80. The van der Waals surface area contributed by atoms with Crippen LogP contribution in [0.1, 0.15) is 50.0 Å². The molecule has 1 unspecified atom stereocenters. The number of oxazole rings is 1. The fraction of sp³-hybridized carbons (Fsp3) is 0.500. The first-order valence-electron chi connectivity index (χ1n) is 5.51. The number of nitrogens with zero attached hydrogens (tertiary/aromatic N) is 2. The van der Waals surface area contributed by atoms with Gasteiger partial charge in [0.05, 0.1) is 11.9 Å². The lowest BCUT2D eigenvalue weighted by atomic mass is 10.0. The van der Waals surface area contributed by atoms with Crippen molar-refractivity contribution in [2.45, 2.75) is 39.0 Å². The molecule has 0 amide bonds. The topological polar surface area (TPSA) is 52.1 Å². The lowest BCUT2D eigenvalue weighted by Crippen LogP contribution is -1.97. The van der Waals surface area contributed by atoms with Crippen LogP contribution in [0, 0.1) is 0 Å². The van der Waals surface area contributed by atoms with Crippen LogP contribution in [-0.2, 0) is 6.42 Å². The predicted molar refractivity (Wildman–Crippen MR) is 59.2 cm³/mol. The standard InChI is InChI=1S/C12H16N2O2/c1-8(2)11-7-10(16-14-11)6-9(3)12-13-4-5-15-12/h4-5,7-9H,6H2,1-3H3. The summed E-state index contributed by atoms with van der Waals surface area (Å²) in [6.07, 6.45) is 4.01. The molecule has 4 nitrogen and oxygen atoms in total. The van der Waals surface area contributed by atoms with Gasteiger partial charge in [0.15, 0.2) is 5.89 Å². The van der Waals surface area contributed by atoms with E-state index in [1.54, 1.807) is 12.5 Å². The monoisotopic (exact) mass is 220 g/mol. The Balaban J connectivity index is 2.03. The molecular formula is C12H16N2O2. The Morgan fingerprint density at radius 3 is 2.69 bits per heavy atom. The van der Waals surface area contributed by atoms with Gasteiger partial charge in [-0.15, -0.1) is 0 Å². The first-order chi connectivity index (χ1) is 7.66. The van der Waals surface area contributed by atoms with E-state index in [4.69, 9.17) is 8.94 Å². The molecule has 2 rings (SSSR count). The summed E-state index contributed by atoms with van der Waals surface area (Å²) in [7, 11) is 0. The number of aromatic nitrogens is 2. The van der Waals surface area contributed by atoms with Crippen molar-refractivity contribution < 1.29 is 8.94 Å². The molecule has 16 heavy (non-hydrogen) atoms. The zero-order valence-electron chi connectivity index (χ0n) is 9.80. The lowest BCUT2D eigenvalue weighted by molar-refractivity contribution is 0.358. The second-order valence-electron chi connectivity index (χ2n) is 4.35. The van der Waals surface area contributed by atoms with Gasteiger partial charge in [-0.2, -0.15) is 0 Å². The third-order valence-corrected chi connectivity index (χ3v) is 2.55. The van der Waals surface area contributed by atoms with Gasteiger partial charge in [-0.05, 0) is 5.92 Å². The molecule has 0 aliphatic heterocycles. The first-order valence-corrected chi connectivity index (χ1v) is 5.51. The molecule has 1 atom stereocenters. The third kappa shape index (κ3) is 2.32. The van der Waals surface area contributed by atoms with Crippen LogP contribution in [0.5, 0.6) is 0 Å². The Bertz CT molecular complexity index is 432. The van der Waals surface area contributed by atoms with Crippen LogP contribution in [0.2, 0.25) is 0 Å². The van der Waals surface area contributed by atoms with Crippen LogP contribution in [0.4, 0.5) is 0 Å². The first kappa shape index (κ1) is 10.9. The van der Waals surface area contributed by atoms with E-state index >= 15 is 0 Å². The zero-order chi connectivity index (χ0) is 11.5. The second kappa shape index (κ2) is 4.51. The Morgan fingerprint density at radius 2 is 2.12 bits per heavy atom. The maximum atomic E-state index is 5.28. The molecule has 0 aliphatic carbocycles. The smallest absolute Gasteiger partial charge is 0.197 e. The van der Waals surface area contributed by atoms with Gasteiger partial charge in [-0.25, -0.2) is 4.98 Å². The Morgan fingerprint density at radius 1 is 1.31 bits per heavy atom. The van der Waals surface area contributed by atoms with E-state index in [2.05, 4.69) is 30.9 Å². The van der Waals surface area contributed by atoms with Crippen LogP contribution in [0.15, 0.2) is 27.5 Å². The van der Waals surface area contributed by atoms with E-state index in [-0.39, 0.29) is 5.92 Å². The van der Waals surface area contributed by atoms with Crippen molar-refractivity contribution in [3.05, 3.63) is 35.9 Å². The SMILES string of the molecule is CC(C)c1cc(CC(C)c2ncco2)on1. The van der Waals surface area contributed by atoms with Gasteiger partial charge in [0, 0.05) is 18.4 Å². The van der Waals surface area contributed by atoms with E-state index in [0.717, 1.165) is 23.8 Å². The van der Waals surface area contributed by atoms with Gasteiger partial charge in [-0.3, -0.25) is 0 Å². The molecule has 2 aromatic rings. The summed E-state index contributed by atoms with van der Waals surface area (Å²) in [5.41, 5.74) is 0.995. The van der Waals surface area contributed by atoms with E-state index in [1.807, 2.05) is 6.07 Å². The Hall–Kier alpha value is -1.58. The molecule has 2 heterocycles. The fourth-order valence-electron chi connectivity index (χ4n) is 1.56. The second-order valence-corrected chi connectivity index (χ2v) is 4.35. The number of rotatable bonds is 4. The van der Waals surface area contributed by atoms with Gasteiger partial charge in [0.1, 0.15) is 12.0 Å². The Labute approximate surface area is 94.7 Å². The van der Waals surface area contributed by atoms with Crippen molar-refractivity contribution in [2.24, 2.45) is 0 Å². The van der Waals surface area contributed by atoms with Crippen molar-refractivity contribution in [1.29, 1.82) is 0 Å². The maximum Gasteiger partial charge on any atom is 0.197 e. The maximum absolute atomic E-state index is 5.28. The van der Waals surface area contributed by atoms with Crippen LogP contribution in [0.25, 0.3) is 0 Å². The van der Waals surface area contributed by atoms with Crippen LogP contribution in [0.3, 0.4) is 0 Å². The average molecular weight is 220 g/mol. The van der Waals surface area contributed by atoms with Crippen LogP contribution < -0.4 is 0 Å². The molecule has 86 valence electrons. The van der Waals surface area contributed by atoms with Gasteiger partial charge >= 0.3 is 0 Å². The summed E-state index contributed by atoms with van der Waals surface area (Å²) in [4.78, 5) is 4.13. The minimum atomic E-state index is 0.211. The summed E-state index contributed by atoms with van der Waals surface area (Å²) in [6, 6.07) is 2.00. The fourth-order valence-corrected chi connectivity index (χ4v) is 1.56. The largest absolute Gasteiger partial charge is 0.449 e. The van der Waals surface area contributed by atoms with Gasteiger partial charge in [-0.1, -0.05) is 25.9 Å². The molecular weight excluding hydrogens is 204 g/mol. The Kier molecular flexibility index (Phi) is 3.08. The van der Waals surface area contributed by atoms with Gasteiger partial charge in [0.25, 0.3) is 0 Å². The van der Waals surface area contributed by atoms with Crippen LogP contribution >= 0.6 is 0 Å². The number of hydrogen-bond acceptors (Lipinski definition) is 4. The molecule has 0 fully saturated rings. The van der Waals surface area contributed by atoms with E-state index in [1.165, 1.54) is 0 Å². The van der Waals surface area contributed by atoms with Crippen molar-refractivity contribution in [3.63, 3.8) is 0 Å². The molecule has 0 radical (unpaired) electrons. The molecule has 2 aromatic heterocycles. The quantitative estimate of drug-likeness (QED) is 0.794. The molecule has 0 bridgehead atoms. The van der Waals surface area contributed by atoms with Crippen molar-refractivity contribution in [2.75, 3.05) is 0 Å². The van der Waals surface area contributed by atoms with Crippen molar-refractivity contribution in [1.82, 2.24) is 10.1 Å². The van der Waals surface area contributed by atoms with Gasteiger partial charge in [0.2, 0.25) is 0 Å². The number of hydrogen-bond donors (Lipinski definition) is 0. The minimum Gasteiger partial charge on any atom is -0.449 e. The van der Waals surface area contributed by atoms with Crippen molar-refractivity contribution >= 4 is 0 Å². The molecule has 0 saturated heterocycles. The van der Waals surface area contributed by atoms with Gasteiger partial charge < -0.3 is 8.94 Å². The minimum absolute atomic E-state index is 0.211. The summed E-state index contributed by atoms with van der Waals surface area (Å²) in [5.74, 6) is 2.23. The third-order valence-electron chi connectivity index (χ3n) is 2.55. The van der Waals surface area contributed by atoms with E-state index in [0.29, 0.717) is 5.92 Å². The highest BCUT2D eigenvalue weighted by Gasteiger charge is 2.15. The van der Waals surface area contributed by atoms with Crippen molar-refractivity contribution in [3.8, 4) is 0 Å². The normalized spacial score (nSPS) is 13.2. The predicted octanol–water partition coefficient (Wildman–Crippen LogP) is 3.13. The molecule has 0 saturated carbocycles. The molecule has 0 spiro atoms. The molecule has 4 heteroatoms. The summed E-state index contributed by atoms with van der Waals surface area (Å²) in [5, 5.41) is 4.02. The average Bonchev–Trinajstić information content (AvgIpc) is 2.87. The highest BCUT2D eigenvalue weighted by molar-refractivity contribution is 5.11. The highest BCUT2D eigenvalue weighted by atomic mass is 16.5. The van der Waals surface area contributed by atoms with E-state index < -0.39 is 0 Å².